The quantitative estimate of drug-likeness (QED) is 0.512. The summed E-state index contributed by atoms with van der Waals surface area (Å²) in [5, 5.41) is 19.1. The van der Waals surface area contributed by atoms with Crippen LogP contribution in [0.15, 0.2) is 23.8 Å². The summed E-state index contributed by atoms with van der Waals surface area (Å²) >= 11 is 0. The molecular formula is C24H38O5. The minimum Gasteiger partial charge on any atom is -0.481 e. The number of aliphatic hydroxyl groups excluding tert-OH is 1. The van der Waals surface area contributed by atoms with Gasteiger partial charge in [0, 0.05) is 12.3 Å². The fourth-order valence-electron chi connectivity index (χ4n) is 4.67. The van der Waals surface area contributed by atoms with Gasteiger partial charge in [-0.25, -0.2) is 0 Å². The summed E-state index contributed by atoms with van der Waals surface area (Å²) in [6.45, 7) is 8.28. The van der Waals surface area contributed by atoms with Crippen molar-refractivity contribution < 1.29 is 24.5 Å². The first kappa shape index (κ1) is 23.7. The maximum Gasteiger partial charge on any atom is 0.308 e. The Balaban J connectivity index is 2.07. The number of fused-ring (bicyclic) bond motifs is 1. The molecule has 0 aromatic carbocycles. The molecule has 2 aliphatic rings. The van der Waals surface area contributed by atoms with E-state index in [0.29, 0.717) is 37.0 Å². The van der Waals surface area contributed by atoms with Crippen molar-refractivity contribution in [3.8, 4) is 0 Å². The molecule has 0 fully saturated rings. The SMILES string of the molecule is CCC(C)C(=O)OC1CC(C)C=C2C=CC(C)C(CCC(O)CCCC(=O)O)C21. The molecule has 0 spiro atoms. The summed E-state index contributed by atoms with van der Waals surface area (Å²) in [5.74, 6) is 0.178. The molecule has 5 heteroatoms. The number of carboxylic acids is 1. The molecule has 29 heavy (non-hydrogen) atoms. The molecule has 7 atom stereocenters. The van der Waals surface area contributed by atoms with Crippen LogP contribution in [0.1, 0.15) is 72.6 Å². The first-order chi connectivity index (χ1) is 13.7. The van der Waals surface area contributed by atoms with Crippen molar-refractivity contribution in [1.82, 2.24) is 0 Å². The Labute approximate surface area is 175 Å². The van der Waals surface area contributed by atoms with Crippen molar-refractivity contribution in [1.29, 1.82) is 0 Å². The van der Waals surface area contributed by atoms with Gasteiger partial charge in [0.1, 0.15) is 6.10 Å². The van der Waals surface area contributed by atoms with Crippen LogP contribution >= 0.6 is 0 Å². The maximum atomic E-state index is 12.5. The van der Waals surface area contributed by atoms with Gasteiger partial charge in [0.2, 0.25) is 0 Å². The first-order valence-electron chi connectivity index (χ1n) is 11.2. The lowest BCUT2D eigenvalue weighted by Gasteiger charge is -2.43. The van der Waals surface area contributed by atoms with Crippen molar-refractivity contribution in [2.45, 2.75) is 84.8 Å². The standard InChI is InChI=1S/C24H38O5/c1-5-16(3)24(28)29-21-14-15(2)13-18-10-9-17(4)20(23(18)21)12-11-19(25)7-6-8-22(26)27/h9-10,13,15-17,19-21,23,25H,5-8,11-12,14H2,1-4H3,(H,26,27). The van der Waals surface area contributed by atoms with Crippen molar-refractivity contribution in [2.24, 2.45) is 29.6 Å². The largest absolute Gasteiger partial charge is 0.481 e. The highest BCUT2D eigenvalue weighted by Crippen LogP contribution is 2.45. The van der Waals surface area contributed by atoms with E-state index in [1.54, 1.807) is 0 Å². The van der Waals surface area contributed by atoms with Crippen molar-refractivity contribution in [3.05, 3.63) is 23.8 Å². The molecule has 2 rings (SSSR count). The van der Waals surface area contributed by atoms with Crippen LogP contribution in [-0.2, 0) is 14.3 Å². The minimum absolute atomic E-state index is 0.0919. The van der Waals surface area contributed by atoms with Gasteiger partial charge in [0.25, 0.3) is 0 Å². The molecule has 0 saturated carbocycles. The summed E-state index contributed by atoms with van der Waals surface area (Å²) < 4.78 is 6.02. The van der Waals surface area contributed by atoms with Gasteiger partial charge in [-0.2, -0.15) is 0 Å². The molecule has 0 heterocycles. The molecule has 5 nitrogen and oxygen atoms in total. The summed E-state index contributed by atoms with van der Waals surface area (Å²) in [5.41, 5.74) is 1.26. The molecule has 7 unspecified atom stereocenters. The van der Waals surface area contributed by atoms with E-state index in [1.165, 1.54) is 5.57 Å². The van der Waals surface area contributed by atoms with E-state index in [1.807, 2.05) is 13.8 Å². The topological polar surface area (TPSA) is 83.8 Å². The van der Waals surface area contributed by atoms with E-state index < -0.39 is 12.1 Å². The Morgan fingerprint density at radius 1 is 1.28 bits per heavy atom. The first-order valence-corrected chi connectivity index (χ1v) is 11.2. The molecule has 164 valence electrons. The predicted octanol–water partition coefficient (Wildman–Crippen LogP) is 4.74. The van der Waals surface area contributed by atoms with Crippen molar-refractivity contribution in [3.63, 3.8) is 0 Å². The number of hydrogen-bond donors (Lipinski definition) is 2. The fraction of sp³-hybridized carbons (Fsp3) is 0.750. The number of aliphatic hydroxyl groups is 1. The van der Waals surface area contributed by atoms with E-state index in [4.69, 9.17) is 9.84 Å². The molecule has 0 aliphatic heterocycles. The van der Waals surface area contributed by atoms with Crippen LogP contribution in [0.4, 0.5) is 0 Å². The van der Waals surface area contributed by atoms with Gasteiger partial charge in [-0.05, 0) is 61.9 Å². The smallest absolute Gasteiger partial charge is 0.308 e. The van der Waals surface area contributed by atoms with Crippen LogP contribution in [-0.4, -0.2) is 34.4 Å². The van der Waals surface area contributed by atoms with Gasteiger partial charge in [0.05, 0.1) is 12.0 Å². The zero-order valence-corrected chi connectivity index (χ0v) is 18.3. The Bertz CT molecular complexity index is 623. The zero-order chi connectivity index (χ0) is 21.6. The molecule has 2 N–H and O–H groups in total. The van der Waals surface area contributed by atoms with Crippen LogP contribution in [0.3, 0.4) is 0 Å². The van der Waals surface area contributed by atoms with Gasteiger partial charge >= 0.3 is 11.9 Å². The van der Waals surface area contributed by atoms with Crippen LogP contribution in [0.2, 0.25) is 0 Å². The molecular weight excluding hydrogens is 368 g/mol. The molecule has 0 aromatic heterocycles. The maximum absolute atomic E-state index is 12.5. The third kappa shape index (κ3) is 6.70. The second-order valence-corrected chi connectivity index (χ2v) is 9.09. The Hall–Kier alpha value is -1.62. The number of carbonyl (C=O) groups is 2. The minimum atomic E-state index is -0.819. The lowest BCUT2D eigenvalue weighted by Crippen LogP contribution is -2.41. The molecule has 0 amide bonds. The number of ether oxygens (including phenoxy) is 1. The Morgan fingerprint density at radius 2 is 2.00 bits per heavy atom. The number of esters is 1. The van der Waals surface area contributed by atoms with E-state index in [0.717, 1.165) is 19.3 Å². The normalized spacial score (nSPS) is 30.8. The summed E-state index contributed by atoms with van der Waals surface area (Å²) in [7, 11) is 0. The average Bonchev–Trinajstić information content (AvgIpc) is 2.66. The number of rotatable bonds is 10. The molecule has 0 radical (unpaired) electrons. The van der Waals surface area contributed by atoms with Gasteiger partial charge in [-0.1, -0.05) is 45.9 Å². The monoisotopic (exact) mass is 406 g/mol. The van der Waals surface area contributed by atoms with Crippen molar-refractivity contribution in [2.75, 3.05) is 0 Å². The fourth-order valence-corrected chi connectivity index (χ4v) is 4.67. The zero-order valence-electron chi connectivity index (χ0n) is 18.3. The predicted molar refractivity (Wildman–Crippen MR) is 113 cm³/mol. The van der Waals surface area contributed by atoms with Gasteiger partial charge in [0.15, 0.2) is 0 Å². The summed E-state index contributed by atoms with van der Waals surface area (Å²) in [6.07, 6.45) is 10.3. The van der Waals surface area contributed by atoms with E-state index in [-0.39, 0.29) is 30.3 Å². The van der Waals surface area contributed by atoms with Crippen molar-refractivity contribution >= 4 is 11.9 Å². The number of allylic oxidation sites excluding steroid dienone is 3. The highest BCUT2D eigenvalue weighted by molar-refractivity contribution is 5.72. The van der Waals surface area contributed by atoms with Gasteiger partial charge < -0.3 is 14.9 Å². The van der Waals surface area contributed by atoms with Gasteiger partial charge in [-0.3, -0.25) is 9.59 Å². The number of hydrogen-bond acceptors (Lipinski definition) is 4. The van der Waals surface area contributed by atoms with E-state index in [9.17, 15) is 14.7 Å². The van der Waals surface area contributed by atoms with E-state index >= 15 is 0 Å². The number of aliphatic carboxylic acids is 1. The highest BCUT2D eigenvalue weighted by atomic mass is 16.5. The second-order valence-electron chi connectivity index (χ2n) is 9.09. The van der Waals surface area contributed by atoms with Crippen LogP contribution < -0.4 is 0 Å². The van der Waals surface area contributed by atoms with Crippen LogP contribution in [0.25, 0.3) is 0 Å². The van der Waals surface area contributed by atoms with Crippen LogP contribution in [0.5, 0.6) is 0 Å². The van der Waals surface area contributed by atoms with Gasteiger partial charge in [-0.15, -0.1) is 0 Å². The third-order valence-electron chi connectivity index (χ3n) is 6.64. The molecule has 0 aromatic rings. The average molecular weight is 407 g/mol. The lowest BCUT2D eigenvalue weighted by molar-refractivity contribution is -0.158. The molecule has 0 bridgehead atoms. The Morgan fingerprint density at radius 3 is 2.66 bits per heavy atom. The molecule has 0 saturated heterocycles. The summed E-state index contributed by atoms with van der Waals surface area (Å²) in [6, 6.07) is 0. The Kier molecular flexibility index (Phi) is 8.94. The molecule has 2 aliphatic carbocycles. The number of carboxylic acid groups (broad SMARTS) is 1. The third-order valence-corrected chi connectivity index (χ3v) is 6.64. The number of carbonyl (C=O) groups excluding carboxylic acids is 1. The summed E-state index contributed by atoms with van der Waals surface area (Å²) in [4.78, 5) is 23.2. The highest BCUT2D eigenvalue weighted by Gasteiger charge is 2.41. The van der Waals surface area contributed by atoms with E-state index in [2.05, 4.69) is 32.1 Å². The second kappa shape index (κ2) is 11.0. The lowest BCUT2D eigenvalue weighted by atomic mass is 9.65. The van der Waals surface area contributed by atoms with Crippen LogP contribution in [0, 0.1) is 29.6 Å².